The standard InChI is InChI=1S/C38H38Cl2FN7O4S/c1-21-14-29(46-38(52-20-41)27(21)17-42-16-23-8-9-31(49)44-23)26-6-2-4-24(34(26)39)25-5-3-7-28(35(25)40)45-37-36-30(10-12-43-37)53-32(47-36)19-48-13-11-22(18-48)15-33(50)51/h2-7,10,12,14,22-23,42H,8-9,11,13,15-20H2,1H3,(H,43,45)(H,44,49)(H,50,51)/t22?,23-/m0/s1. The van der Waals surface area contributed by atoms with E-state index in [1.807, 2.05) is 55.5 Å². The largest absolute Gasteiger partial charge is 0.481 e. The second-order valence-electron chi connectivity index (χ2n) is 13.4. The Balaban J connectivity index is 1.11. The minimum atomic E-state index is -1.04. The van der Waals surface area contributed by atoms with E-state index < -0.39 is 12.8 Å². The summed E-state index contributed by atoms with van der Waals surface area (Å²) in [6.07, 6.45) is 4.08. The molecule has 2 aromatic carbocycles. The van der Waals surface area contributed by atoms with Crippen molar-refractivity contribution in [3.8, 4) is 28.3 Å². The number of aliphatic carboxylic acids is 1. The number of benzene rings is 2. The number of rotatable bonds is 14. The van der Waals surface area contributed by atoms with Gasteiger partial charge in [0.1, 0.15) is 10.5 Å². The number of amides is 1. The van der Waals surface area contributed by atoms with Gasteiger partial charge in [-0.3, -0.25) is 14.5 Å². The van der Waals surface area contributed by atoms with Gasteiger partial charge in [-0.1, -0.05) is 53.5 Å². The van der Waals surface area contributed by atoms with Crippen LogP contribution in [0.4, 0.5) is 15.9 Å². The number of thiazole rings is 1. The number of halogens is 3. The Morgan fingerprint density at radius 1 is 1.11 bits per heavy atom. The third kappa shape index (κ3) is 8.39. The first kappa shape index (κ1) is 36.9. The number of hydrogen-bond acceptors (Lipinski definition) is 10. The van der Waals surface area contributed by atoms with Crippen LogP contribution in [0.5, 0.6) is 5.88 Å². The average Bonchev–Trinajstić information content (AvgIpc) is 3.87. The summed E-state index contributed by atoms with van der Waals surface area (Å²) in [5, 5.41) is 20.6. The normalized spacial score (nSPS) is 17.4. The fourth-order valence-electron chi connectivity index (χ4n) is 7.02. The van der Waals surface area contributed by atoms with E-state index in [9.17, 15) is 19.1 Å². The third-order valence-corrected chi connectivity index (χ3v) is 11.5. The molecule has 0 radical (unpaired) electrons. The number of anilines is 2. The summed E-state index contributed by atoms with van der Waals surface area (Å²) in [4.78, 5) is 39.2. The van der Waals surface area contributed by atoms with Crippen molar-refractivity contribution in [2.75, 3.05) is 31.8 Å². The number of carboxylic acids is 1. The summed E-state index contributed by atoms with van der Waals surface area (Å²) in [7, 11) is 0. The molecule has 2 aliphatic rings. The van der Waals surface area contributed by atoms with Crippen molar-refractivity contribution in [3.05, 3.63) is 80.9 Å². The van der Waals surface area contributed by atoms with Gasteiger partial charge in [0, 0.05) is 67.0 Å². The van der Waals surface area contributed by atoms with Crippen LogP contribution in [0.2, 0.25) is 10.0 Å². The SMILES string of the molecule is Cc1cc(-c2cccc(-c3cccc(Nc4nccc5sc(CN6CCC(CC(=O)O)C6)nc45)c3Cl)c2Cl)nc(OCF)c1CNC[C@@H]1CCC(=O)N1. The molecule has 2 aliphatic heterocycles. The highest BCUT2D eigenvalue weighted by Gasteiger charge is 2.26. The number of fused-ring (bicyclic) bond motifs is 1. The maximum atomic E-state index is 13.6. The molecule has 276 valence electrons. The molecule has 0 bridgehead atoms. The Bertz CT molecular complexity index is 2170. The van der Waals surface area contributed by atoms with Crippen LogP contribution in [-0.2, 0) is 22.7 Å². The van der Waals surface area contributed by atoms with Crippen molar-refractivity contribution in [1.29, 1.82) is 0 Å². The summed E-state index contributed by atoms with van der Waals surface area (Å²) in [6.45, 7) is 4.08. The number of carbonyl (C=O) groups excluding carboxylic acids is 1. The predicted molar refractivity (Wildman–Crippen MR) is 206 cm³/mol. The van der Waals surface area contributed by atoms with Gasteiger partial charge in [-0.25, -0.2) is 19.3 Å². The Kier molecular flexibility index (Phi) is 11.4. The lowest BCUT2D eigenvalue weighted by Gasteiger charge is -2.17. The Hall–Kier alpha value is -4.40. The Morgan fingerprint density at radius 2 is 1.91 bits per heavy atom. The molecule has 53 heavy (non-hydrogen) atoms. The van der Waals surface area contributed by atoms with Crippen LogP contribution in [0.15, 0.2) is 54.7 Å². The first-order chi connectivity index (χ1) is 25.7. The molecule has 2 fully saturated rings. The van der Waals surface area contributed by atoms with E-state index in [1.165, 1.54) is 0 Å². The molecule has 4 N–H and O–H groups in total. The minimum Gasteiger partial charge on any atom is -0.481 e. The molecule has 2 atom stereocenters. The first-order valence-corrected chi connectivity index (χ1v) is 19.0. The second-order valence-corrected chi connectivity index (χ2v) is 15.2. The monoisotopic (exact) mass is 777 g/mol. The van der Waals surface area contributed by atoms with Gasteiger partial charge in [-0.2, -0.15) is 0 Å². The number of aromatic nitrogens is 3. The van der Waals surface area contributed by atoms with Gasteiger partial charge in [0.25, 0.3) is 0 Å². The lowest BCUT2D eigenvalue weighted by atomic mass is 9.99. The first-order valence-electron chi connectivity index (χ1n) is 17.4. The molecule has 5 heterocycles. The van der Waals surface area contributed by atoms with E-state index in [0.29, 0.717) is 70.0 Å². The van der Waals surface area contributed by atoms with Gasteiger partial charge in [-0.05, 0) is 56.0 Å². The maximum Gasteiger partial charge on any atom is 0.303 e. The number of nitrogens with zero attached hydrogens (tertiary/aromatic N) is 4. The number of pyridine rings is 2. The van der Waals surface area contributed by atoms with Gasteiger partial charge >= 0.3 is 5.97 Å². The summed E-state index contributed by atoms with van der Waals surface area (Å²) in [6, 6.07) is 15.1. The third-order valence-electron chi connectivity index (χ3n) is 9.64. The number of alkyl halides is 1. The molecule has 3 aromatic heterocycles. The lowest BCUT2D eigenvalue weighted by molar-refractivity contribution is -0.138. The summed E-state index contributed by atoms with van der Waals surface area (Å²) in [5.41, 5.74) is 5.46. The number of carboxylic acid groups (broad SMARTS) is 1. The highest BCUT2D eigenvalue weighted by Crippen LogP contribution is 2.43. The van der Waals surface area contributed by atoms with Gasteiger partial charge in [0.15, 0.2) is 5.82 Å². The van der Waals surface area contributed by atoms with Gasteiger partial charge in [0.05, 0.1) is 32.7 Å². The second kappa shape index (κ2) is 16.3. The van der Waals surface area contributed by atoms with Crippen molar-refractivity contribution in [3.63, 3.8) is 0 Å². The Labute approximate surface area is 319 Å². The van der Waals surface area contributed by atoms with E-state index >= 15 is 0 Å². The molecule has 1 unspecified atom stereocenters. The average molecular weight is 779 g/mol. The fourth-order valence-corrected chi connectivity index (χ4v) is 8.62. The number of ether oxygens (including phenoxy) is 1. The molecule has 11 nitrogen and oxygen atoms in total. The van der Waals surface area contributed by atoms with E-state index in [1.54, 1.807) is 17.5 Å². The van der Waals surface area contributed by atoms with E-state index in [4.69, 9.17) is 32.9 Å². The summed E-state index contributed by atoms with van der Waals surface area (Å²) < 4.78 is 19.9. The van der Waals surface area contributed by atoms with Gasteiger partial charge < -0.3 is 25.8 Å². The maximum absolute atomic E-state index is 13.6. The quantitative estimate of drug-likeness (QED) is 0.0885. The van der Waals surface area contributed by atoms with E-state index in [0.717, 1.165) is 52.3 Å². The number of nitrogens with one attached hydrogen (secondary N) is 3. The van der Waals surface area contributed by atoms with Crippen LogP contribution in [0.1, 0.15) is 41.8 Å². The number of aryl methyl sites for hydroxylation is 1. The van der Waals surface area contributed by atoms with Crippen LogP contribution >= 0.6 is 34.5 Å². The highest BCUT2D eigenvalue weighted by molar-refractivity contribution is 7.18. The zero-order chi connectivity index (χ0) is 37.1. The summed E-state index contributed by atoms with van der Waals surface area (Å²) in [5.74, 6) is 0.187. The molecule has 0 aliphatic carbocycles. The highest BCUT2D eigenvalue weighted by atomic mass is 35.5. The molecule has 0 saturated carbocycles. The summed E-state index contributed by atoms with van der Waals surface area (Å²) >= 11 is 15.8. The van der Waals surface area contributed by atoms with E-state index in [-0.39, 0.29) is 30.2 Å². The molecule has 15 heteroatoms. The topological polar surface area (TPSA) is 142 Å². The molecule has 0 spiro atoms. The van der Waals surface area contributed by atoms with Crippen molar-refractivity contribution in [1.82, 2.24) is 30.5 Å². The molecular formula is C38H38Cl2FN7O4S. The minimum absolute atomic E-state index is 0.0491. The van der Waals surface area contributed by atoms with Crippen LogP contribution < -0.4 is 20.7 Å². The van der Waals surface area contributed by atoms with Crippen molar-refractivity contribution in [2.45, 2.75) is 51.7 Å². The van der Waals surface area contributed by atoms with Crippen LogP contribution in [0.3, 0.4) is 0 Å². The van der Waals surface area contributed by atoms with Gasteiger partial charge in [0.2, 0.25) is 18.6 Å². The molecule has 1 amide bonds. The number of likely N-dealkylation sites (tertiary alicyclic amines) is 1. The molecular weight excluding hydrogens is 740 g/mol. The van der Waals surface area contributed by atoms with Crippen molar-refractivity contribution < 1.29 is 23.8 Å². The molecule has 2 saturated heterocycles. The Morgan fingerprint density at radius 3 is 2.68 bits per heavy atom. The predicted octanol–water partition coefficient (Wildman–Crippen LogP) is 7.75. The van der Waals surface area contributed by atoms with Crippen molar-refractivity contribution >= 4 is 68.1 Å². The molecule has 7 rings (SSSR count). The fraction of sp³-hybridized carbons (Fsp3) is 0.342. The number of hydrogen-bond donors (Lipinski definition) is 4. The zero-order valence-electron chi connectivity index (χ0n) is 28.9. The smallest absolute Gasteiger partial charge is 0.303 e. The molecule has 5 aromatic rings. The van der Waals surface area contributed by atoms with Gasteiger partial charge in [-0.15, -0.1) is 11.3 Å². The van der Waals surface area contributed by atoms with Crippen LogP contribution in [0, 0.1) is 12.8 Å². The van der Waals surface area contributed by atoms with Crippen molar-refractivity contribution in [2.24, 2.45) is 5.92 Å². The van der Waals surface area contributed by atoms with Crippen LogP contribution in [0.25, 0.3) is 32.6 Å². The van der Waals surface area contributed by atoms with Crippen LogP contribution in [-0.4, -0.2) is 69.4 Å². The number of carbonyl (C=O) groups is 2. The van der Waals surface area contributed by atoms with E-state index in [2.05, 4.69) is 30.8 Å². The zero-order valence-corrected chi connectivity index (χ0v) is 31.3. The lowest BCUT2D eigenvalue weighted by Crippen LogP contribution is -2.35.